The molecule has 7 heteroatoms. The molecular weight excluding hydrogens is 326 g/mol. The fourth-order valence-corrected chi connectivity index (χ4v) is 2.74. The van der Waals surface area contributed by atoms with Crippen molar-refractivity contribution >= 4 is 22.4 Å². The Balaban J connectivity index is 2.08. The predicted molar refractivity (Wildman–Crippen MR) is 95.0 cm³/mol. The molecule has 0 bridgehead atoms. The second-order valence-electron chi connectivity index (χ2n) is 6.06. The molecule has 0 atom stereocenters. The number of benzene rings is 1. The van der Waals surface area contributed by atoms with Crippen molar-refractivity contribution < 1.29 is 14.3 Å². The number of anilines is 1. The van der Waals surface area contributed by atoms with Gasteiger partial charge in [0, 0.05) is 11.8 Å². The molecule has 0 aliphatic rings. The zero-order valence-electron chi connectivity index (χ0n) is 14.7. The van der Waals surface area contributed by atoms with E-state index in [0.717, 1.165) is 17.0 Å². The van der Waals surface area contributed by atoms with Gasteiger partial charge in [-0.1, -0.05) is 38.2 Å². The van der Waals surface area contributed by atoms with Crippen molar-refractivity contribution in [3.8, 4) is 11.5 Å². The zero-order valence-corrected chi connectivity index (χ0v) is 15.5. The van der Waals surface area contributed by atoms with Crippen LogP contribution in [0.3, 0.4) is 0 Å². The van der Waals surface area contributed by atoms with Gasteiger partial charge in [-0.3, -0.25) is 4.79 Å². The molecule has 0 aliphatic heterocycles. The van der Waals surface area contributed by atoms with Crippen LogP contribution in [0.15, 0.2) is 18.2 Å². The molecule has 0 radical (unpaired) electrons. The van der Waals surface area contributed by atoms with E-state index in [4.69, 9.17) is 9.47 Å². The van der Waals surface area contributed by atoms with E-state index in [2.05, 4.69) is 15.5 Å². The average Bonchev–Trinajstić information content (AvgIpc) is 3.01. The second kappa shape index (κ2) is 7.61. The smallest absolute Gasteiger partial charge is 0.231 e. The summed E-state index contributed by atoms with van der Waals surface area (Å²) in [5.74, 6) is 1.32. The summed E-state index contributed by atoms with van der Waals surface area (Å²) < 4.78 is 10.5. The SMILES string of the molecule is CCC(C)(C)C(=O)Nc1nnc(Cc2ccc(OC)c(OC)c2)s1. The minimum absolute atomic E-state index is 0.0428. The van der Waals surface area contributed by atoms with E-state index >= 15 is 0 Å². The Morgan fingerprint density at radius 3 is 2.54 bits per heavy atom. The van der Waals surface area contributed by atoms with Crippen LogP contribution in [0, 0.1) is 5.41 Å². The first kappa shape index (κ1) is 18.2. The molecule has 130 valence electrons. The lowest BCUT2D eigenvalue weighted by Crippen LogP contribution is -2.29. The van der Waals surface area contributed by atoms with Crippen LogP contribution in [0.2, 0.25) is 0 Å². The quantitative estimate of drug-likeness (QED) is 0.828. The monoisotopic (exact) mass is 349 g/mol. The van der Waals surface area contributed by atoms with Crippen LogP contribution in [0.25, 0.3) is 0 Å². The van der Waals surface area contributed by atoms with E-state index in [1.165, 1.54) is 11.3 Å². The molecule has 0 spiro atoms. The lowest BCUT2D eigenvalue weighted by molar-refractivity contribution is -0.124. The van der Waals surface area contributed by atoms with E-state index in [1.807, 2.05) is 39.0 Å². The second-order valence-corrected chi connectivity index (χ2v) is 7.12. The van der Waals surface area contributed by atoms with Gasteiger partial charge in [0.1, 0.15) is 5.01 Å². The minimum atomic E-state index is -0.421. The maximum atomic E-state index is 12.2. The van der Waals surface area contributed by atoms with Crippen LogP contribution in [0.4, 0.5) is 5.13 Å². The highest BCUT2D eigenvalue weighted by molar-refractivity contribution is 7.15. The van der Waals surface area contributed by atoms with Gasteiger partial charge in [-0.2, -0.15) is 0 Å². The molecule has 2 rings (SSSR count). The molecule has 0 unspecified atom stereocenters. The number of carbonyl (C=O) groups is 1. The fourth-order valence-electron chi connectivity index (χ4n) is 1.97. The molecule has 1 amide bonds. The zero-order chi connectivity index (χ0) is 17.7. The van der Waals surface area contributed by atoms with Gasteiger partial charge in [-0.15, -0.1) is 10.2 Å². The number of aromatic nitrogens is 2. The number of hydrogen-bond donors (Lipinski definition) is 1. The molecule has 1 heterocycles. The Bertz CT molecular complexity index is 713. The van der Waals surface area contributed by atoms with Crippen LogP contribution < -0.4 is 14.8 Å². The number of ether oxygens (including phenoxy) is 2. The van der Waals surface area contributed by atoms with Crippen molar-refractivity contribution in [2.24, 2.45) is 5.41 Å². The van der Waals surface area contributed by atoms with Crippen LogP contribution in [0.1, 0.15) is 37.8 Å². The van der Waals surface area contributed by atoms with Crippen molar-refractivity contribution in [1.29, 1.82) is 0 Å². The Hall–Kier alpha value is -2.15. The molecule has 0 saturated heterocycles. The van der Waals surface area contributed by atoms with Gasteiger partial charge < -0.3 is 14.8 Å². The number of rotatable bonds is 7. The molecule has 0 aliphatic carbocycles. The van der Waals surface area contributed by atoms with E-state index < -0.39 is 5.41 Å². The number of carbonyl (C=O) groups excluding carboxylic acids is 1. The first-order chi connectivity index (χ1) is 11.4. The maximum Gasteiger partial charge on any atom is 0.231 e. The third kappa shape index (κ3) is 4.23. The number of nitrogens with one attached hydrogen (secondary N) is 1. The molecule has 6 nitrogen and oxygen atoms in total. The molecule has 1 aromatic heterocycles. The van der Waals surface area contributed by atoms with Crippen LogP contribution in [-0.4, -0.2) is 30.3 Å². The lowest BCUT2D eigenvalue weighted by Gasteiger charge is -2.20. The van der Waals surface area contributed by atoms with E-state index in [0.29, 0.717) is 23.1 Å². The topological polar surface area (TPSA) is 73.3 Å². The first-order valence-corrected chi connectivity index (χ1v) is 8.56. The van der Waals surface area contributed by atoms with E-state index in [9.17, 15) is 4.79 Å². The first-order valence-electron chi connectivity index (χ1n) is 7.74. The van der Waals surface area contributed by atoms with Crippen LogP contribution in [-0.2, 0) is 11.2 Å². The van der Waals surface area contributed by atoms with Gasteiger partial charge >= 0.3 is 0 Å². The highest BCUT2D eigenvalue weighted by Crippen LogP contribution is 2.29. The Morgan fingerprint density at radius 2 is 1.92 bits per heavy atom. The average molecular weight is 349 g/mol. The summed E-state index contributed by atoms with van der Waals surface area (Å²) in [6.45, 7) is 5.81. The third-order valence-corrected chi connectivity index (χ3v) is 4.83. The summed E-state index contributed by atoms with van der Waals surface area (Å²) in [5.41, 5.74) is 0.616. The molecule has 0 saturated carbocycles. The number of methoxy groups -OCH3 is 2. The Kier molecular flexibility index (Phi) is 5.77. The van der Waals surface area contributed by atoms with Crippen molar-refractivity contribution in [2.75, 3.05) is 19.5 Å². The van der Waals surface area contributed by atoms with Gasteiger partial charge in [-0.05, 0) is 24.1 Å². The van der Waals surface area contributed by atoms with Crippen molar-refractivity contribution in [2.45, 2.75) is 33.6 Å². The summed E-state index contributed by atoms with van der Waals surface area (Å²) in [4.78, 5) is 12.2. The maximum absolute atomic E-state index is 12.2. The van der Waals surface area contributed by atoms with Crippen molar-refractivity contribution in [3.63, 3.8) is 0 Å². The normalized spacial score (nSPS) is 11.2. The standard InChI is InChI=1S/C17H23N3O3S/c1-6-17(2,3)15(21)18-16-20-19-14(24-16)10-11-7-8-12(22-4)13(9-11)23-5/h7-9H,6,10H2,1-5H3,(H,18,20,21). The molecule has 1 aromatic carbocycles. The molecule has 0 fully saturated rings. The lowest BCUT2D eigenvalue weighted by atomic mass is 9.89. The van der Waals surface area contributed by atoms with Crippen LogP contribution in [0.5, 0.6) is 11.5 Å². The summed E-state index contributed by atoms with van der Waals surface area (Å²) in [7, 11) is 3.21. The summed E-state index contributed by atoms with van der Waals surface area (Å²) in [6, 6.07) is 5.74. The molecule has 24 heavy (non-hydrogen) atoms. The van der Waals surface area contributed by atoms with Crippen molar-refractivity contribution in [3.05, 3.63) is 28.8 Å². The van der Waals surface area contributed by atoms with Gasteiger partial charge in [-0.25, -0.2) is 0 Å². The highest BCUT2D eigenvalue weighted by Gasteiger charge is 2.26. The highest BCUT2D eigenvalue weighted by atomic mass is 32.1. The van der Waals surface area contributed by atoms with Gasteiger partial charge in [0.05, 0.1) is 14.2 Å². The van der Waals surface area contributed by atoms with Gasteiger partial charge in [0.15, 0.2) is 11.5 Å². The summed E-state index contributed by atoms with van der Waals surface area (Å²) in [6.07, 6.45) is 1.38. The number of nitrogens with zero attached hydrogens (tertiary/aromatic N) is 2. The van der Waals surface area contributed by atoms with Crippen molar-refractivity contribution in [1.82, 2.24) is 10.2 Å². The van der Waals surface area contributed by atoms with Crippen LogP contribution >= 0.6 is 11.3 Å². The number of amides is 1. The third-order valence-electron chi connectivity index (χ3n) is 3.99. The van der Waals surface area contributed by atoms with E-state index in [1.54, 1.807) is 14.2 Å². The predicted octanol–water partition coefficient (Wildman–Crippen LogP) is 3.52. The van der Waals surface area contributed by atoms with E-state index in [-0.39, 0.29) is 5.91 Å². The van der Waals surface area contributed by atoms with Gasteiger partial charge in [0.2, 0.25) is 11.0 Å². The fraction of sp³-hybridized carbons (Fsp3) is 0.471. The Labute approximate surface area is 146 Å². The molecule has 2 aromatic rings. The minimum Gasteiger partial charge on any atom is -0.493 e. The number of hydrogen-bond acceptors (Lipinski definition) is 6. The molecular formula is C17H23N3O3S. The summed E-state index contributed by atoms with van der Waals surface area (Å²) in [5, 5.41) is 12.4. The summed E-state index contributed by atoms with van der Waals surface area (Å²) >= 11 is 1.38. The molecule has 1 N–H and O–H groups in total. The van der Waals surface area contributed by atoms with Gasteiger partial charge in [0.25, 0.3) is 0 Å². The largest absolute Gasteiger partial charge is 0.493 e. The Morgan fingerprint density at radius 1 is 1.21 bits per heavy atom.